The molecule has 16 heavy (non-hydrogen) atoms. The fourth-order valence-electron chi connectivity index (χ4n) is 2.17. The molecule has 1 aromatic rings. The quantitative estimate of drug-likeness (QED) is 0.843. The van der Waals surface area contributed by atoms with E-state index in [1.54, 1.807) is 0 Å². The topological polar surface area (TPSA) is 35.2 Å². The van der Waals surface area contributed by atoms with Gasteiger partial charge in [0, 0.05) is 10.9 Å². The second-order valence-corrected chi connectivity index (χ2v) is 5.17. The van der Waals surface area contributed by atoms with E-state index >= 15 is 0 Å². The van der Waals surface area contributed by atoms with Crippen LogP contribution in [0.4, 0.5) is 0 Å². The number of halogens is 1. The lowest BCUT2D eigenvalue weighted by molar-refractivity contribution is 0.353. The number of ether oxygens (including phenoxy) is 1. The van der Waals surface area contributed by atoms with Crippen molar-refractivity contribution in [1.29, 1.82) is 0 Å². The van der Waals surface area contributed by atoms with Gasteiger partial charge in [-0.3, -0.25) is 0 Å². The number of unbranched alkanes of at least 4 members (excludes halogenated alkanes) is 2. The van der Waals surface area contributed by atoms with Gasteiger partial charge in [0.2, 0.25) is 0 Å². The van der Waals surface area contributed by atoms with Crippen molar-refractivity contribution in [2.75, 3.05) is 13.2 Å². The van der Waals surface area contributed by atoms with Crippen molar-refractivity contribution in [2.24, 2.45) is 5.73 Å². The monoisotopic (exact) mass is 283 g/mol. The van der Waals surface area contributed by atoms with Crippen LogP contribution in [0.25, 0.3) is 0 Å². The predicted molar refractivity (Wildman–Crippen MR) is 70.0 cm³/mol. The van der Waals surface area contributed by atoms with Gasteiger partial charge in [0.1, 0.15) is 5.75 Å². The minimum atomic E-state index is 0.799. The van der Waals surface area contributed by atoms with Crippen molar-refractivity contribution in [3.05, 3.63) is 27.7 Å². The van der Waals surface area contributed by atoms with E-state index in [-0.39, 0.29) is 0 Å². The van der Waals surface area contributed by atoms with Gasteiger partial charge in [0.05, 0.1) is 6.61 Å². The minimum absolute atomic E-state index is 0.799. The standard InChI is InChI=1S/C13H18BrNO/c14-12-8-10(4-2-1-3-6-15)13-11(9-12)5-7-16-13/h8-9H,1-7,15H2. The van der Waals surface area contributed by atoms with E-state index < -0.39 is 0 Å². The van der Waals surface area contributed by atoms with Gasteiger partial charge in [-0.25, -0.2) is 0 Å². The van der Waals surface area contributed by atoms with Crippen LogP contribution in [0.3, 0.4) is 0 Å². The van der Waals surface area contributed by atoms with Crippen LogP contribution < -0.4 is 10.5 Å². The molecule has 0 amide bonds. The lowest BCUT2D eigenvalue weighted by Crippen LogP contribution is -1.99. The van der Waals surface area contributed by atoms with Crippen LogP contribution in [0.1, 0.15) is 30.4 Å². The van der Waals surface area contributed by atoms with E-state index in [4.69, 9.17) is 10.5 Å². The summed E-state index contributed by atoms with van der Waals surface area (Å²) in [6.07, 6.45) is 5.67. The van der Waals surface area contributed by atoms with Crippen LogP contribution >= 0.6 is 15.9 Å². The lowest BCUT2D eigenvalue weighted by Gasteiger charge is -2.08. The van der Waals surface area contributed by atoms with E-state index in [0.717, 1.165) is 38.2 Å². The summed E-state index contributed by atoms with van der Waals surface area (Å²) in [7, 11) is 0. The maximum atomic E-state index is 5.70. The SMILES string of the molecule is NCCCCCc1cc(Br)cc2c1OCC2. The fraction of sp³-hybridized carbons (Fsp3) is 0.538. The third kappa shape index (κ3) is 2.77. The van der Waals surface area contributed by atoms with Gasteiger partial charge in [0.15, 0.2) is 0 Å². The summed E-state index contributed by atoms with van der Waals surface area (Å²) in [6, 6.07) is 4.36. The predicted octanol–water partition coefficient (Wildman–Crippen LogP) is 3.06. The van der Waals surface area contributed by atoms with E-state index in [1.807, 2.05) is 0 Å². The Bertz CT molecular complexity index is 365. The number of nitrogens with two attached hydrogens (primary N) is 1. The first kappa shape index (κ1) is 11.9. The van der Waals surface area contributed by atoms with Crippen molar-refractivity contribution in [2.45, 2.75) is 32.1 Å². The van der Waals surface area contributed by atoms with Gasteiger partial charge in [-0.05, 0) is 49.1 Å². The number of hydrogen-bond acceptors (Lipinski definition) is 2. The second-order valence-electron chi connectivity index (χ2n) is 4.25. The number of fused-ring (bicyclic) bond motifs is 1. The highest BCUT2D eigenvalue weighted by Crippen LogP contribution is 2.33. The summed E-state index contributed by atoms with van der Waals surface area (Å²) in [5.74, 6) is 1.14. The summed E-state index contributed by atoms with van der Waals surface area (Å²) < 4.78 is 6.87. The number of benzene rings is 1. The summed E-state index contributed by atoms with van der Waals surface area (Å²) in [6.45, 7) is 1.63. The molecule has 0 radical (unpaired) electrons. The average Bonchev–Trinajstić information content (AvgIpc) is 2.72. The molecule has 0 saturated heterocycles. The van der Waals surface area contributed by atoms with E-state index in [0.29, 0.717) is 0 Å². The molecule has 1 aromatic carbocycles. The molecule has 0 spiro atoms. The first-order valence-corrected chi connectivity index (χ1v) is 6.74. The molecule has 2 N–H and O–H groups in total. The van der Waals surface area contributed by atoms with Gasteiger partial charge in [0.25, 0.3) is 0 Å². The maximum Gasteiger partial charge on any atom is 0.125 e. The summed E-state index contributed by atoms with van der Waals surface area (Å²) in [5, 5.41) is 0. The Morgan fingerprint density at radius 3 is 2.94 bits per heavy atom. The van der Waals surface area contributed by atoms with Gasteiger partial charge >= 0.3 is 0 Å². The van der Waals surface area contributed by atoms with Crippen molar-refractivity contribution < 1.29 is 4.74 Å². The third-order valence-electron chi connectivity index (χ3n) is 2.98. The molecular formula is C13H18BrNO. The van der Waals surface area contributed by atoms with Crippen LogP contribution in [0, 0.1) is 0 Å². The van der Waals surface area contributed by atoms with Gasteiger partial charge < -0.3 is 10.5 Å². The molecule has 0 saturated carbocycles. The first-order valence-electron chi connectivity index (χ1n) is 5.95. The zero-order chi connectivity index (χ0) is 11.4. The molecule has 3 heteroatoms. The fourth-order valence-corrected chi connectivity index (χ4v) is 2.72. The Hall–Kier alpha value is -0.540. The molecule has 1 aliphatic rings. The number of aryl methyl sites for hydroxylation is 1. The van der Waals surface area contributed by atoms with Crippen molar-refractivity contribution >= 4 is 15.9 Å². The molecule has 88 valence electrons. The molecule has 1 aliphatic heterocycles. The van der Waals surface area contributed by atoms with Crippen molar-refractivity contribution in [1.82, 2.24) is 0 Å². The van der Waals surface area contributed by atoms with Crippen LogP contribution in [0.5, 0.6) is 5.75 Å². The number of hydrogen-bond donors (Lipinski definition) is 1. The minimum Gasteiger partial charge on any atom is -0.493 e. The Balaban J connectivity index is 2.03. The Kier molecular flexibility index (Phi) is 4.24. The lowest BCUT2D eigenvalue weighted by atomic mass is 10.0. The smallest absolute Gasteiger partial charge is 0.125 e. The maximum absolute atomic E-state index is 5.70. The Morgan fingerprint density at radius 1 is 1.25 bits per heavy atom. The Morgan fingerprint density at radius 2 is 2.12 bits per heavy atom. The molecule has 0 fully saturated rings. The first-order chi connectivity index (χ1) is 7.81. The molecule has 2 rings (SSSR count). The number of rotatable bonds is 5. The normalized spacial score (nSPS) is 13.6. The molecule has 0 bridgehead atoms. The molecule has 1 heterocycles. The van der Waals surface area contributed by atoms with E-state index in [9.17, 15) is 0 Å². The van der Waals surface area contributed by atoms with Crippen molar-refractivity contribution in [3.63, 3.8) is 0 Å². The zero-order valence-corrected chi connectivity index (χ0v) is 11.1. The third-order valence-corrected chi connectivity index (χ3v) is 3.43. The highest BCUT2D eigenvalue weighted by Gasteiger charge is 2.16. The van der Waals surface area contributed by atoms with Gasteiger partial charge in [-0.2, -0.15) is 0 Å². The molecule has 2 nitrogen and oxygen atoms in total. The summed E-state index contributed by atoms with van der Waals surface area (Å²) in [4.78, 5) is 0. The van der Waals surface area contributed by atoms with E-state index in [1.165, 1.54) is 28.4 Å². The molecule has 0 aromatic heterocycles. The van der Waals surface area contributed by atoms with Crippen LogP contribution in [0.15, 0.2) is 16.6 Å². The zero-order valence-electron chi connectivity index (χ0n) is 9.47. The van der Waals surface area contributed by atoms with Crippen LogP contribution in [-0.2, 0) is 12.8 Å². The summed E-state index contributed by atoms with van der Waals surface area (Å²) in [5.41, 5.74) is 8.19. The Labute approximate surface area is 105 Å². The second kappa shape index (κ2) is 5.69. The average molecular weight is 284 g/mol. The largest absolute Gasteiger partial charge is 0.493 e. The molecule has 0 atom stereocenters. The van der Waals surface area contributed by atoms with Crippen molar-refractivity contribution in [3.8, 4) is 5.75 Å². The highest BCUT2D eigenvalue weighted by atomic mass is 79.9. The van der Waals surface area contributed by atoms with E-state index in [2.05, 4.69) is 28.1 Å². The molecule has 0 unspecified atom stereocenters. The van der Waals surface area contributed by atoms with Gasteiger partial charge in [-0.15, -0.1) is 0 Å². The highest BCUT2D eigenvalue weighted by molar-refractivity contribution is 9.10. The summed E-state index contributed by atoms with van der Waals surface area (Å²) >= 11 is 3.56. The van der Waals surface area contributed by atoms with Crippen LogP contribution in [-0.4, -0.2) is 13.2 Å². The molecular weight excluding hydrogens is 266 g/mol. The van der Waals surface area contributed by atoms with Crippen LogP contribution in [0.2, 0.25) is 0 Å². The van der Waals surface area contributed by atoms with Gasteiger partial charge in [-0.1, -0.05) is 22.4 Å². The molecule has 0 aliphatic carbocycles.